The molecule has 2 amide bonds. The van der Waals surface area contributed by atoms with Gasteiger partial charge >= 0.3 is 0 Å². The fraction of sp³-hybridized carbons (Fsp3) is 0.233. The van der Waals surface area contributed by atoms with Crippen molar-refractivity contribution in [2.75, 3.05) is 12.0 Å². The van der Waals surface area contributed by atoms with Crippen molar-refractivity contribution < 1.29 is 14.3 Å². The van der Waals surface area contributed by atoms with E-state index in [0.717, 1.165) is 28.9 Å². The number of aryl methyl sites for hydroxylation is 1. The minimum atomic E-state index is -1.19. The maximum absolute atomic E-state index is 14.0. The van der Waals surface area contributed by atoms with Crippen molar-refractivity contribution in [3.8, 4) is 17.0 Å². The lowest BCUT2D eigenvalue weighted by molar-refractivity contribution is -0.126. The smallest absolute Gasteiger partial charge is 0.277 e. The van der Waals surface area contributed by atoms with Crippen LogP contribution in [0.25, 0.3) is 11.3 Å². The van der Waals surface area contributed by atoms with E-state index in [2.05, 4.69) is 12.2 Å². The number of amides is 2. The molecule has 0 radical (unpaired) electrons. The average molecular weight is 495 g/mol. The van der Waals surface area contributed by atoms with Gasteiger partial charge in [-0.25, -0.2) is 0 Å². The number of ether oxygens (including phenoxy) is 1. The number of fused-ring (bicyclic) bond motifs is 1. The Bertz CT molecular complexity index is 1430. The number of nitrogens with one attached hydrogen (secondary N) is 1. The van der Waals surface area contributed by atoms with E-state index >= 15 is 0 Å². The van der Waals surface area contributed by atoms with Crippen LogP contribution in [-0.2, 0) is 24.3 Å². The molecule has 7 heteroatoms. The maximum Gasteiger partial charge on any atom is 0.277 e. The van der Waals surface area contributed by atoms with Gasteiger partial charge < -0.3 is 10.1 Å². The molecule has 0 saturated carbocycles. The second-order valence-corrected chi connectivity index (χ2v) is 9.41. The summed E-state index contributed by atoms with van der Waals surface area (Å²) >= 11 is 0. The van der Waals surface area contributed by atoms with E-state index < -0.39 is 5.54 Å². The van der Waals surface area contributed by atoms with Crippen molar-refractivity contribution in [2.24, 2.45) is 0 Å². The third-order valence-electron chi connectivity index (χ3n) is 6.90. The van der Waals surface area contributed by atoms with Gasteiger partial charge in [-0.05, 0) is 66.9 Å². The first-order valence-electron chi connectivity index (χ1n) is 12.4. The molecule has 5 rings (SSSR count). The number of nitrogens with zero attached hydrogens (tertiary/aromatic N) is 3. The zero-order valence-corrected chi connectivity index (χ0v) is 21.3. The first-order valence-corrected chi connectivity index (χ1v) is 12.4. The van der Waals surface area contributed by atoms with Crippen LogP contribution >= 0.6 is 0 Å². The van der Waals surface area contributed by atoms with Gasteiger partial charge in [0.05, 0.1) is 19.3 Å². The van der Waals surface area contributed by atoms with Crippen LogP contribution in [0.4, 0.5) is 5.69 Å². The number of anilines is 1. The molecule has 2 heterocycles. The molecule has 7 nitrogen and oxygen atoms in total. The molecule has 0 bridgehead atoms. The van der Waals surface area contributed by atoms with Crippen LogP contribution < -0.4 is 15.0 Å². The quantitative estimate of drug-likeness (QED) is 0.398. The van der Waals surface area contributed by atoms with Crippen molar-refractivity contribution in [2.45, 2.75) is 38.9 Å². The van der Waals surface area contributed by atoms with E-state index in [1.807, 2.05) is 85.8 Å². The number of carbonyl (C=O) groups excluding carboxylic acids is 2. The van der Waals surface area contributed by atoms with Gasteiger partial charge in [0, 0.05) is 17.8 Å². The molecule has 3 aromatic carbocycles. The Morgan fingerprint density at radius 1 is 1.00 bits per heavy atom. The summed E-state index contributed by atoms with van der Waals surface area (Å²) in [5, 5.41) is 7.79. The highest BCUT2D eigenvalue weighted by Crippen LogP contribution is 2.35. The van der Waals surface area contributed by atoms with Crippen LogP contribution in [0.3, 0.4) is 0 Å². The van der Waals surface area contributed by atoms with E-state index in [1.54, 1.807) is 22.8 Å². The summed E-state index contributed by atoms with van der Waals surface area (Å²) in [6.07, 6.45) is 0.826. The molecule has 1 N–H and O–H groups in total. The molecular weight excluding hydrogens is 464 g/mol. The molecule has 4 aromatic rings. The molecule has 37 heavy (non-hydrogen) atoms. The zero-order chi connectivity index (χ0) is 26.0. The second-order valence-electron chi connectivity index (χ2n) is 9.41. The third-order valence-corrected chi connectivity index (χ3v) is 6.90. The van der Waals surface area contributed by atoms with Crippen molar-refractivity contribution in [3.05, 3.63) is 102 Å². The predicted molar refractivity (Wildman–Crippen MR) is 144 cm³/mol. The van der Waals surface area contributed by atoms with Gasteiger partial charge in [-0.15, -0.1) is 0 Å². The molecule has 0 spiro atoms. The topological polar surface area (TPSA) is 76.5 Å². The largest absolute Gasteiger partial charge is 0.497 e. The summed E-state index contributed by atoms with van der Waals surface area (Å²) in [5.41, 5.74) is 3.57. The molecule has 1 aliphatic heterocycles. The first kappa shape index (κ1) is 24.3. The van der Waals surface area contributed by atoms with E-state index in [4.69, 9.17) is 9.84 Å². The lowest BCUT2D eigenvalue weighted by atomic mass is 9.93. The number of hydrogen-bond donors (Lipinski definition) is 1. The molecule has 0 aliphatic carbocycles. The van der Waals surface area contributed by atoms with E-state index in [0.29, 0.717) is 23.6 Å². The van der Waals surface area contributed by atoms with Crippen LogP contribution in [0.2, 0.25) is 0 Å². The van der Waals surface area contributed by atoms with Crippen LogP contribution in [0.15, 0.2) is 84.9 Å². The fourth-order valence-electron chi connectivity index (χ4n) is 4.77. The van der Waals surface area contributed by atoms with Crippen molar-refractivity contribution in [1.29, 1.82) is 0 Å². The standard InChI is InChI=1S/C30H30N4O3/c1-4-21-11-8-12-24(17-21)34-28(35)27-18-26(23-13-15-25(37-3)16-14-23)32-33(27)20-30(34,2)29(36)31-19-22-9-6-5-7-10-22/h5-18H,4,19-20H2,1-3H3,(H,31,36)/t30-/m1/s1. The summed E-state index contributed by atoms with van der Waals surface area (Å²) in [5.74, 6) is 0.247. The predicted octanol–water partition coefficient (Wildman–Crippen LogP) is 4.86. The molecule has 1 atom stereocenters. The van der Waals surface area contributed by atoms with Gasteiger partial charge in [0.1, 0.15) is 17.0 Å². The van der Waals surface area contributed by atoms with Gasteiger partial charge in [0.15, 0.2) is 0 Å². The molecule has 1 aliphatic rings. The summed E-state index contributed by atoms with van der Waals surface area (Å²) in [6, 6.07) is 26.9. The number of rotatable bonds is 7. The fourth-order valence-corrected chi connectivity index (χ4v) is 4.77. The lowest BCUT2D eigenvalue weighted by Gasteiger charge is -2.43. The highest BCUT2D eigenvalue weighted by molar-refractivity contribution is 6.12. The molecule has 1 aromatic heterocycles. The van der Waals surface area contributed by atoms with Crippen LogP contribution in [0.1, 0.15) is 35.5 Å². The summed E-state index contributed by atoms with van der Waals surface area (Å²) in [4.78, 5) is 29.4. The Labute approximate surface area is 216 Å². The Morgan fingerprint density at radius 2 is 1.73 bits per heavy atom. The number of aromatic nitrogens is 2. The Kier molecular flexibility index (Phi) is 6.53. The molecule has 188 valence electrons. The zero-order valence-electron chi connectivity index (χ0n) is 21.3. The van der Waals surface area contributed by atoms with E-state index in [-0.39, 0.29) is 18.4 Å². The lowest BCUT2D eigenvalue weighted by Crippen LogP contribution is -2.64. The van der Waals surface area contributed by atoms with E-state index in [1.165, 1.54) is 0 Å². The summed E-state index contributed by atoms with van der Waals surface area (Å²) in [6.45, 7) is 4.47. The number of carbonyl (C=O) groups is 2. The van der Waals surface area contributed by atoms with Gasteiger partial charge in [0.25, 0.3) is 5.91 Å². The van der Waals surface area contributed by atoms with Gasteiger partial charge in [-0.3, -0.25) is 19.2 Å². The minimum Gasteiger partial charge on any atom is -0.497 e. The third kappa shape index (κ3) is 4.60. The van der Waals surface area contributed by atoms with Gasteiger partial charge in [-0.2, -0.15) is 5.10 Å². The Hall–Kier alpha value is -4.39. The van der Waals surface area contributed by atoms with Crippen molar-refractivity contribution in [1.82, 2.24) is 15.1 Å². The van der Waals surface area contributed by atoms with Crippen LogP contribution in [0.5, 0.6) is 5.75 Å². The van der Waals surface area contributed by atoms with Gasteiger partial charge in [-0.1, -0.05) is 49.4 Å². The molecule has 0 saturated heterocycles. The average Bonchev–Trinajstić information content (AvgIpc) is 3.36. The molecule has 0 fully saturated rings. The van der Waals surface area contributed by atoms with Gasteiger partial charge in [0.2, 0.25) is 5.91 Å². The normalized spacial score (nSPS) is 16.8. The number of methoxy groups -OCH3 is 1. The number of hydrogen-bond acceptors (Lipinski definition) is 4. The first-order chi connectivity index (χ1) is 17.9. The second kappa shape index (κ2) is 9.93. The Morgan fingerprint density at radius 3 is 2.43 bits per heavy atom. The van der Waals surface area contributed by atoms with Crippen molar-refractivity contribution >= 4 is 17.5 Å². The van der Waals surface area contributed by atoms with Crippen LogP contribution in [0, 0.1) is 0 Å². The monoisotopic (exact) mass is 494 g/mol. The Balaban J connectivity index is 1.54. The molecular formula is C30H30N4O3. The molecule has 0 unspecified atom stereocenters. The summed E-state index contributed by atoms with van der Waals surface area (Å²) < 4.78 is 6.92. The maximum atomic E-state index is 14.0. The summed E-state index contributed by atoms with van der Waals surface area (Å²) in [7, 11) is 1.62. The highest BCUT2D eigenvalue weighted by Gasteiger charge is 2.48. The van der Waals surface area contributed by atoms with Crippen LogP contribution in [-0.4, -0.2) is 34.2 Å². The van der Waals surface area contributed by atoms with Crippen molar-refractivity contribution in [3.63, 3.8) is 0 Å². The highest BCUT2D eigenvalue weighted by atomic mass is 16.5. The number of benzene rings is 3. The van der Waals surface area contributed by atoms with E-state index in [9.17, 15) is 9.59 Å². The minimum absolute atomic E-state index is 0.223. The SMILES string of the molecule is CCc1cccc(N2C(=O)c3cc(-c4ccc(OC)cc4)nn3C[C@]2(C)C(=O)NCc2ccccc2)c1.